The molecule has 90 valence electrons. The van der Waals surface area contributed by atoms with E-state index in [9.17, 15) is 4.79 Å². The van der Waals surface area contributed by atoms with E-state index in [1.807, 2.05) is 6.08 Å². The summed E-state index contributed by atoms with van der Waals surface area (Å²) in [6.07, 6.45) is 6.76. The zero-order valence-corrected chi connectivity index (χ0v) is 9.50. The molecule has 1 amide bonds. The summed E-state index contributed by atoms with van der Waals surface area (Å²) in [5.41, 5.74) is 6.44. The number of carbonyl (C=O) groups excluding carboxylic acids is 1. The van der Waals surface area contributed by atoms with Gasteiger partial charge in [0.1, 0.15) is 6.33 Å². The lowest BCUT2D eigenvalue weighted by molar-refractivity contribution is -0.112. The fourth-order valence-corrected chi connectivity index (χ4v) is 1.86. The highest BCUT2D eigenvalue weighted by molar-refractivity contribution is 6.18. The maximum Gasteiger partial charge on any atom is 0.250 e. The molecule has 1 saturated heterocycles. The molecule has 0 radical (unpaired) electrons. The number of rotatable bonds is 3. The first-order valence-electron chi connectivity index (χ1n) is 5.63. The first-order chi connectivity index (χ1) is 8.27. The molecule has 1 aliphatic heterocycles. The Balaban J connectivity index is 2.22. The molecule has 0 aromatic carbocycles. The first-order valence-corrected chi connectivity index (χ1v) is 5.63. The Morgan fingerprint density at radius 1 is 1.47 bits per heavy atom. The van der Waals surface area contributed by atoms with Gasteiger partial charge >= 0.3 is 0 Å². The fourth-order valence-electron chi connectivity index (χ4n) is 1.86. The summed E-state index contributed by atoms with van der Waals surface area (Å²) in [4.78, 5) is 19.3. The van der Waals surface area contributed by atoms with E-state index in [0.717, 1.165) is 26.1 Å². The second kappa shape index (κ2) is 5.54. The number of allylic oxidation sites excluding steroid dienone is 1. The van der Waals surface area contributed by atoms with Crippen LogP contribution in [0.5, 0.6) is 0 Å². The number of aromatic nitrogens is 2. The van der Waals surface area contributed by atoms with Gasteiger partial charge in [-0.25, -0.2) is 9.97 Å². The van der Waals surface area contributed by atoms with Gasteiger partial charge in [-0.2, -0.15) is 0 Å². The topological polar surface area (TPSA) is 78.1 Å². The van der Waals surface area contributed by atoms with E-state index in [0.29, 0.717) is 17.2 Å². The summed E-state index contributed by atoms with van der Waals surface area (Å²) >= 11 is 0. The quantitative estimate of drug-likeness (QED) is 0.782. The lowest BCUT2D eigenvalue weighted by Crippen LogP contribution is -2.18. The third kappa shape index (κ3) is 3.10. The highest BCUT2D eigenvalue weighted by Gasteiger charge is 2.16. The van der Waals surface area contributed by atoms with Gasteiger partial charge in [-0.05, 0) is 24.8 Å². The number of ether oxygens (including phenoxy) is 1. The van der Waals surface area contributed by atoms with Gasteiger partial charge in [-0.3, -0.25) is 4.79 Å². The Hall–Kier alpha value is -1.75. The number of hydrogen-bond donors (Lipinski definition) is 1. The van der Waals surface area contributed by atoms with E-state index < -0.39 is 5.91 Å². The first kappa shape index (κ1) is 11.7. The van der Waals surface area contributed by atoms with Crippen molar-refractivity contribution in [1.82, 2.24) is 9.97 Å². The molecule has 1 fully saturated rings. The molecule has 17 heavy (non-hydrogen) atoms. The molecule has 0 spiro atoms. The summed E-state index contributed by atoms with van der Waals surface area (Å²) in [6, 6.07) is 1.69. The van der Waals surface area contributed by atoms with Gasteiger partial charge in [-0.15, -0.1) is 0 Å². The van der Waals surface area contributed by atoms with Crippen molar-refractivity contribution in [3.8, 4) is 0 Å². The number of hydrogen-bond acceptors (Lipinski definition) is 4. The Labute approximate surface area is 99.7 Å². The van der Waals surface area contributed by atoms with Crippen LogP contribution in [-0.2, 0) is 9.53 Å². The Morgan fingerprint density at radius 2 is 2.24 bits per heavy atom. The van der Waals surface area contributed by atoms with E-state index in [1.54, 1.807) is 12.3 Å². The molecule has 1 aromatic rings. The van der Waals surface area contributed by atoms with Crippen molar-refractivity contribution in [2.75, 3.05) is 13.2 Å². The number of nitrogens with zero attached hydrogens (tertiary/aromatic N) is 2. The van der Waals surface area contributed by atoms with Crippen LogP contribution in [0.1, 0.15) is 18.5 Å². The van der Waals surface area contributed by atoms with E-state index >= 15 is 0 Å². The van der Waals surface area contributed by atoms with Crippen LogP contribution >= 0.6 is 0 Å². The number of nitrogens with two attached hydrogens (primary N) is 1. The lowest BCUT2D eigenvalue weighted by atomic mass is 9.96. The predicted molar refractivity (Wildman–Crippen MR) is 62.7 cm³/mol. The number of amides is 1. The molecule has 0 bridgehead atoms. The molecule has 2 heterocycles. The molecule has 1 aliphatic rings. The van der Waals surface area contributed by atoms with Crippen LogP contribution in [0.4, 0.5) is 0 Å². The van der Waals surface area contributed by atoms with Crippen LogP contribution < -0.4 is 5.73 Å². The van der Waals surface area contributed by atoms with Crippen molar-refractivity contribution in [2.24, 2.45) is 11.7 Å². The smallest absolute Gasteiger partial charge is 0.250 e. The van der Waals surface area contributed by atoms with Gasteiger partial charge in [0, 0.05) is 19.4 Å². The number of primary amides is 1. The number of carbonyl (C=O) groups is 1. The molecule has 0 atom stereocenters. The van der Waals surface area contributed by atoms with E-state index in [1.165, 1.54) is 6.33 Å². The zero-order valence-electron chi connectivity index (χ0n) is 9.50. The van der Waals surface area contributed by atoms with Crippen LogP contribution in [0, 0.1) is 5.92 Å². The standard InChI is InChI=1S/C12H15N3O2/c13-12(16)10(11-1-4-14-8-15-11)7-9-2-5-17-6-3-9/h1,4,7-9H,2-3,5-6H2,(H2,13,16). The van der Waals surface area contributed by atoms with Gasteiger partial charge in [0.05, 0.1) is 11.3 Å². The minimum absolute atomic E-state index is 0.334. The predicted octanol–water partition coefficient (Wildman–Crippen LogP) is 0.772. The Bertz CT molecular complexity index is 411. The van der Waals surface area contributed by atoms with Gasteiger partial charge in [0.15, 0.2) is 0 Å². The monoisotopic (exact) mass is 233 g/mol. The molecule has 2 N–H and O–H groups in total. The molecule has 0 aliphatic carbocycles. The van der Waals surface area contributed by atoms with Crippen LogP contribution in [0.3, 0.4) is 0 Å². The molecule has 5 nitrogen and oxygen atoms in total. The van der Waals surface area contributed by atoms with Crippen molar-refractivity contribution < 1.29 is 9.53 Å². The maximum absolute atomic E-state index is 11.4. The Morgan fingerprint density at radius 3 is 2.82 bits per heavy atom. The molecule has 5 heteroatoms. The average Bonchev–Trinajstić information content (AvgIpc) is 2.38. The summed E-state index contributed by atoms with van der Waals surface area (Å²) in [7, 11) is 0. The average molecular weight is 233 g/mol. The van der Waals surface area contributed by atoms with Crippen molar-refractivity contribution >= 4 is 11.5 Å². The van der Waals surface area contributed by atoms with Crippen LogP contribution in [-0.4, -0.2) is 29.1 Å². The molecule has 0 saturated carbocycles. The molecule has 0 unspecified atom stereocenters. The maximum atomic E-state index is 11.4. The fraction of sp³-hybridized carbons (Fsp3) is 0.417. The highest BCUT2D eigenvalue weighted by Crippen LogP contribution is 2.21. The SMILES string of the molecule is NC(=O)C(=CC1CCOCC1)c1ccncn1. The lowest BCUT2D eigenvalue weighted by Gasteiger charge is -2.19. The minimum Gasteiger partial charge on any atom is -0.381 e. The van der Waals surface area contributed by atoms with Crippen molar-refractivity contribution in [1.29, 1.82) is 0 Å². The summed E-state index contributed by atoms with van der Waals surface area (Å²) in [5.74, 6) is -0.114. The molecular formula is C12H15N3O2. The van der Waals surface area contributed by atoms with E-state index in [4.69, 9.17) is 10.5 Å². The molecule has 1 aromatic heterocycles. The molecule has 2 rings (SSSR count). The van der Waals surface area contributed by atoms with Crippen LogP contribution in [0.15, 0.2) is 24.7 Å². The van der Waals surface area contributed by atoms with Crippen LogP contribution in [0.2, 0.25) is 0 Å². The Kier molecular flexibility index (Phi) is 3.82. The van der Waals surface area contributed by atoms with Gasteiger partial charge in [0.2, 0.25) is 0 Å². The summed E-state index contributed by atoms with van der Waals surface area (Å²) in [5, 5.41) is 0. The largest absolute Gasteiger partial charge is 0.381 e. The summed E-state index contributed by atoms with van der Waals surface area (Å²) < 4.78 is 5.28. The third-order valence-corrected chi connectivity index (χ3v) is 2.79. The minimum atomic E-state index is -0.449. The van der Waals surface area contributed by atoms with Crippen molar-refractivity contribution in [2.45, 2.75) is 12.8 Å². The van der Waals surface area contributed by atoms with Crippen molar-refractivity contribution in [3.63, 3.8) is 0 Å². The van der Waals surface area contributed by atoms with Gasteiger partial charge in [-0.1, -0.05) is 6.08 Å². The van der Waals surface area contributed by atoms with Gasteiger partial charge < -0.3 is 10.5 Å². The zero-order chi connectivity index (χ0) is 12.1. The van der Waals surface area contributed by atoms with Crippen LogP contribution in [0.25, 0.3) is 5.57 Å². The summed E-state index contributed by atoms with van der Waals surface area (Å²) in [6.45, 7) is 1.47. The second-order valence-electron chi connectivity index (χ2n) is 3.99. The third-order valence-electron chi connectivity index (χ3n) is 2.79. The second-order valence-corrected chi connectivity index (χ2v) is 3.99. The molecular weight excluding hydrogens is 218 g/mol. The highest BCUT2D eigenvalue weighted by atomic mass is 16.5. The van der Waals surface area contributed by atoms with Crippen molar-refractivity contribution in [3.05, 3.63) is 30.4 Å². The normalized spacial score (nSPS) is 18.0. The van der Waals surface area contributed by atoms with E-state index in [-0.39, 0.29) is 0 Å². The van der Waals surface area contributed by atoms with E-state index in [2.05, 4.69) is 9.97 Å². The van der Waals surface area contributed by atoms with Gasteiger partial charge in [0.25, 0.3) is 5.91 Å².